The fourth-order valence-corrected chi connectivity index (χ4v) is 3.36. The van der Waals surface area contributed by atoms with Crippen LogP contribution in [-0.2, 0) is 34.8 Å². The number of hydrogen-bond donors (Lipinski definition) is 0. The number of nitrogens with zero attached hydrogens (tertiary/aromatic N) is 3. The van der Waals surface area contributed by atoms with Gasteiger partial charge in [0.2, 0.25) is 0 Å². The van der Waals surface area contributed by atoms with Gasteiger partial charge in [-0.05, 0) is 5.56 Å². The summed E-state index contributed by atoms with van der Waals surface area (Å²) in [5.41, 5.74) is 0.792. The highest BCUT2D eigenvalue weighted by atomic mass is 32.2. The zero-order valence-corrected chi connectivity index (χ0v) is 11.9. The van der Waals surface area contributed by atoms with Crippen LogP contribution in [0.3, 0.4) is 0 Å². The summed E-state index contributed by atoms with van der Waals surface area (Å²) in [6.07, 6.45) is 0.738. The van der Waals surface area contributed by atoms with Crippen molar-refractivity contribution in [3.8, 4) is 0 Å². The van der Waals surface area contributed by atoms with Crippen LogP contribution in [0.5, 0.6) is 0 Å². The zero-order valence-electron chi connectivity index (χ0n) is 11.1. The predicted octanol–water partition coefficient (Wildman–Crippen LogP) is 1.49. The Labute approximate surface area is 113 Å². The summed E-state index contributed by atoms with van der Waals surface area (Å²) in [5, 5.41) is 7.92. The Kier molecular flexibility index (Phi) is 3.99. The number of aromatic nitrogens is 3. The minimum Gasteiger partial charge on any atom is -0.317 e. The molecule has 0 amide bonds. The van der Waals surface area contributed by atoms with E-state index in [0.717, 1.165) is 17.8 Å². The standard InChI is InChI=1S/C13H17N3O2S/c1-3-12-14-15-13(16(12)2)10-19(17,18)9-11-7-5-4-6-8-11/h4-8H,3,9-10H2,1-2H3. The molecule has 0 atom stereocenters. The lowest BCUT2D eigenvalue weighted by atomic mass is 10.2. The zero-order chi connectivity index (χ0) is 13.9. The van der Waals surface area contributed by atoms with Crippen LogP contribution in [0.25, 0.3) is 0 Å². The number of aryl methyl sites for hydroxylation is 1. The summed E-state index contributed by atoms with van der Waals surface area (Å²) in [4.78, 5) is 0. The number of hydrogen-bond acceptors (Lipinski definition) is 4. The smallest absolute Gasteiger partial charge is 0.161 e. The molecule has 5 nitrogen and oxygen atoms in total. The third kappa shape index (κ3) is 3.41. The lowest BCUT2D eigenvalue weighted by Gasteiger charge is -2.05. The highest BCUT2D eigenvalue weighted by molar-refractivity contribution is 7.89. The molecule has 0 spiro atoms. The Balaban J connectivity index is 2.15. The van der Waals surface area contributed by atoms with Crippen LogP contribution in [0.15, 0.2) is 30.3 Å². The maximum absolute atomic E-state index is 12.1. The number of benzene rings is 1. The van der Waals surface area contributed by atoms with Crippen molar-refractivity contribution in [2.45, 2.75) is 24.9 Å². The second kappa shape index (κ2) is 5.52. The molecule has 1 aromatic carbocycles. The summed E-state index contributed by atoms with van der Waals surface area (Å²) in [5.74, 6) is 1.24. The Hall–Kier alpha value is -1.69. The van der Waals surface area contributed by atoms with Gasteiger partial charge in [-0.1, -0.05) is 37.3 Å². The van der Waals surface area contributed by atoms with Gasteiger partial charge in [-0.2, -0.15) is 0 Å². The molecule has 1 aromatic heterocycles. The lowest BCUT2D eigenvalue weighted by Crippen LogP contribution is -2.12. The fraction of sp³-hybridized carbons (Fsp3) is 0.385. The molecule has 2 rings (SSSR count). The van der Waals surface area contributed by atoms with Crippen molar-refractivity contribution in [2.24, 2.45) is 7.05 Å². The summed E-state index contributed by atoms with van der Waals surface area (Å²) >= 11 is 0. The van der Waals surface area contributed by atoms with Gasteiger partial charge in [-0.3, -0.25) is 0 Å². The largest absolute Gasteiger partial charge is 0.317 e. The summed E-state index contributed by atoms with van der Waals surface area (Å²) in [7, 11) is -1.43. The van der Waals surface area contributed by atoms with E-state index in [2.05, 4.69) is 10.2 Å². The number of sulfone groups is 1. The molecule has 0 aliphatic carbocycles. The van der Waals surface area contributed by atoms with Gasteiger partial charge in [0.05, 0.1) is 5.75 Å². The average Bonchev–Trinajstić information content (AvgIpc) is 2.70. The van der Waals surface area contributed by atoms with Crippen LogP contribution in [0.1, 0.15) is 24.1 Å². The minimum atomic E-state index is -3.23. The fourth-order valence-electron chi connectivity index (χ4n) is 1.91. The first-order chi connectivity index (χ1) is 9.02. The predicted molar refractivity (Wildman–Crippen MR) is 73.2 cm³/mol. The van der Waals surface area contributed by atoms with E-state index in [4.69, 9.17) is 0 Å². The van der Waals surface area contributed by atoms with Crippen molar-refractivity contribution in [1.29, 1.82) is 0 Å². The molecule has 0 saturated heterocycles. The molecule has 0 N–H and O–H groups in total. The van der Waals surface area contributed by atoms with Gasteiger partial charge < -0.3 is 4.57 Å². The molecule has 0 bridgehead atoms. The summed E-state index contributed by atoms with van der Waals surface area (Å²) < 4.78 is 26.0. The molecule has 2 aromatic rings. The van der Waals surface area contributed by atoms with Crippen molar-refractivity contribution in [3.63, 3.8) is 0 Å². The van der Waals surface area contributed by atoms with Crippen molar-refractivity contribution < 1.29 is 8.42 Å². The van der Waals surface area contributed by atoms with Gasteiger partial charge in [0.1, 0.15) is 17.4 Å². The third-order valence-corrected chi connectivity index (χ3v) is 4.42. The molecule has 0 radical (unpaired) electrons. The van der Waals surface area contributed by atoms with Crippen LogP contribution in [0.4, 0.5) is 0 Å². The Morgan fingerprint density at radius 3 is 2.26 bits per heavy atom. The minimum absolute atomic E-state index is 0.0299. The van der Waals surface area contributed by atoms with E-state index in [1.807, 2.05) is 37.3 Å². The molecule has 0 aliphatic heterocycles. The molecule has 1 heterocycles. The van der Waals surface area contributed by atoms with Crippen molar-refractivity contribution in [2.75, 3.05) is 0 Å². The normalized spacial score (nSPS) is 11.7. The second-order valence-electron chi connectivity index (χ2n) is 4.46. The first kappa shape index (κ1) is 13.7. The third-order valence-electron chi connectivity index (χ3n) is 2.95. The van der Waals surface area contributed by atoms with Crippen LogP contribution in [0.2, 0.25) is 0 Å². The molecule has 0 aliphatic rings. The van der Waals surface area contributed by atoms with Gasteiger partial charge in [-0.25, -0.2) is 8.42 Å². The van der Waals surface area contributed by atoms with Crippen LogP contribution >= 0.6 is 0 Å². The highest BCUT2D eigenvalue weighted by Gasteiger charge is 2.17. The molecule has 6 heteroatoms. The van der Waals surface area contributed by atoms with Gasteiger partial charge >= 0.3 is 0 Å². The van der Waals surface area contributed by atoms with Gasteiger partial charge in [0, 0.05) is 13.5 Å². The van der Waals surface area contributed by atoms with E-state index in [1.165, 1.54) is 0 Å². The Bertz CT molecular complexity index is 648. The topological polar surface area (TPSA) is 64.8 Å². The first-order valence-corrected chi connectivity index (χ1v) is 7.95. The maximum Gasteiger partial charge on any atom is 0.161 e. The SMILES string of the molecule is CCc1nnc(CS(=O)(=O)Cc2ccccc2)n1C. The van der Waals surface area contributed by atoms with Crippen molar-refractivity contribution in [3.05, 3.63) is 47.5 Å². The van der Waals surface area contributed by atoms with E-state index in [9.17, 15) is 8.42 Å². The van der Waals surface area contributed by atoms with Crippen LogP contribution in [0, 0.1) is 0 Å². The quantitative estimate of drug-likeness (QED) is 0.832. The average molecular weight is 279 g/mol. The van der Waals surface area contributed by atoms with Crippen molar-refractivity contribution >= 4 is 9.84 Å². The van der Waals surface area contributed by atoms with E-state index in [-0.39, 0.29) is 11.5 Å². The van der Waals surface area contributed by atoms with Crippen LogP contribution in [-0.4, -0.2) is 23.2 Å². The molecule has 19 heavy (non-hydrogen) atoms. The molecular formula is C13H17N3O2S. The highest BCUT2D eigenvalue weighted by Crippen LogP contribution is 2.11. The van der Waals surface area contributed by atoms with E-state index < -0.39 is 9.84 Å². The van der Waals surface area contributed by atoms with Gasteiger partial charge in [0.25, 0.3) is 0 Å². The Morgan fingerprint density at radius 2 is 1.68 bits per heavy atom. The van der Waals surface area contributed by atoms with Gasteiger partial charge in [-0.15, -0.1) is 10.2 Å². The molecular weight excluding hydrogens is 262 g/mol. The van der Waals surface area contributed by atoms with E-state index >= 15 is 0 Å². The first-order valence-electron chi connectivity index (χ1n) is 6.13. The van der Waals surface area contributed by atoms with Crippen molar-refractivity contribution in [1.82, 2.24) is 14.8 Å². The Morgan fingerprint density at radius 1 is 1.05 bits per heavy atom. The lowest BCUT2D eigenvalue weighted by molar-refractivity contribution is 0.591. The molecule has 0 saturated carbocycles. The van der Waals surface area contributed by atoms with E-state index in [1.54, 1.807) is 11.6 Å². The molecule has 102 valence electrons. The summed E-state index contributed by atoms with van der Waals surface area (Å²) in [6.45, 7) is 1.96. The molecule has 0 fully saturated rings. The van der Waals surface area contributed by atoms with Crippen LogP contribution < -0.4 is 0 Å². The molecule has 0 unspecified atom stereocenters. The van der Waals surface area contributed by atoms with Gasteiger partial charge in [0.15, 0.2) is 9.84 Å². The summed E-state index contributed by atoms with van der Waals surface area (Å²) in [6, 6.07) is 9.16. The maximum atomic E-state index is 12.1. The second-order valence-corrected chi connectivity index (χ2v) is 6.53. The number of rotatable bonds is 5. The monoisotopic (exact) mass is 279 g/mol. The van der Waals surface area contributed by atoms with E-state index in [0.29, 0.717) is 5.82 Å².